The number of hydrogen-bond acceptors (Lipinski definition) is 6. The summed E-state index contributed by atoms with van der Waals surface area (Å²) >= 11 is 0. The van der Waals surface area contributed by atoms with Crippen molar-refractivity contribution >= 4 is 0 Å². The molecule has 0 amide bonds. The second-order valence-corrected chi connectivity index (χ2v) is 6.91. The van der Waals surface area contributed by atoms with Crippen LogP contribution in [0.5, 0.6) is 17.5 Å². The van der Waals surface area contributed by atoms with Crippen molar-refractivity contribution in [1.29, 1.82) is 0 Å². The normalized spacial score (nSPS) is 22.1. The maximum atomic E-state index is 14.4. The maximum absolute atomic E-state index is 14.4. The summed E-state index contributed by atoms with van der Waals surface area (Å²) in [5, 5.41) is 0. The molecule has 0 saturated carbocycles. The number of nitrogens with zero attached hydrogens (tertiary/aromatic N) is 3. The van der Waals surface area contributed by atoms with E-state index < -0.39 is 11.6 Å². The van der Waals surface area contributed by atoms with Crippen molar-refractivity contribution < 1.29 is 23.0 Å². The molecule has 6 nitrogen and oxygen atoms in total. The molecule has 0 aromatic carbocycles. The Morgan fingerprint density at radius 3 is 2.85 bits per heavy atom. The number of ether oxygens (including phenoxy) is 3. The van der Waals surface area contributed by atoms with Crippen molar-refractivity contribution in [2.45, 2.75) is 39.0 Å². The SMILES string of the molecule is Cc1ccc(F)c(O[C@@H]2C[C@H](C)N(Cc3nc4c(cc3F)OCCO4)C2)n1. The molecule has 0 unspecified atom stereocenters. The maximum Gasteiger partial charge on any atom is 0.257 e. The van der Waals surface area contributed by atoms with E-state index in [1.165, 1.54) is 12.1 Å². The molecule has 2 aromatic heterocycles. The van der Waals surface area contributed by atoms with Crippen LogP contribution in [0.25, 0.3) is 0 Å². The van der Waals surface area contributed by atoms with Gasteiger partial charge in [0.1, 0.15) is 25.1 Å². The summed E-state index contributed by atoms with van der Waals surface area (Å²) in [4.78, 5) is 10.4. The number of likely N-dealkylation sites (tertiary alicyclic amines) is 1. The van der Waals surface area contributed by atoms with E-state index in [-0.39, 0.29) is 18.0 Å². The van der Waals surface area contributed by atoms with Gasteiger partial charge in [-0.05, 0) is 26.0 Å². The molecule has 0 bridgehead atoms. The zero-order valence-corrected chi connectivity index (χ0v) is 15.2. The van der Waals surface area contributed by atoms with E-state index in [4.69, 9.17) is 14.2 Å². The van der Waals surface area contributed by atoms with E-state index in [0.29, 0.717) is 55.7 Å². The molecule has 8 heteroatoms. The van der Waals surface area contributed by atoms with E-state index in [0.717, 1.165) is 0 Å². The minimum absolute atomic E-state index is 0.0117. The van der Waals surface area contributed by atoms with Gasteiger partial charge in [0.15, 0.2) is 11.6 Å². The molecular weight excluding hydrogens is 356 g/mol. The number of hydrogen-bond donors (Lipinski definition) is 0. The molecule has 0 spiro atoms. The molecule has 2 aliphatic heterocycles. The zero-order chi connectivity index (χ0) is 19.0. The molecule has 1 saturated heterocycles. The largest absolute Gasteiger partial charge is 0.484 e. The van der Waals surface area contributed by atoms with Crippen LogP contribution < -0.4 is 14.2 Å². The highest BCUT2D eigenvalue weighted by molar-refractivity contribution is 5.36. The van der Waals surface area contributed by atoms with Crippen molar-refractivity contribution in [3.05, 3.63) is 41.2 Å². The van der Waals surface area contributed by atoms with Gasteiger partial charge in [0.05, 0.1) is 5.69 Å². The van der Waals surface area contributed by atoms with Gasteiger partial charge >= 0.3 is 0 Å². The Kier molecular flexibility index (Phi) is 4.82. The lowest BCUT2D eigenvalue weighted by Gasteiger charge is -2.22. The quantitative estimate of drug-likeness (QED) is 0.817. The van der Waals surface area contributed by atoms with Gasteiger partial charge in [-0.3, -0.25) is 4.90 Å². The lowest BCUT2D eigenvalue weighted by atomic mass is 10.2. The fourth-order valence-electron chi connectivity index (χ4n) is 3.40. The number of aromatic nitrogens is 2. The van der Waals surface area contributed by atoms with Gasteiger partial charge in [0, 0.05) is 37.3 Å². The Bertz CT molecular complexity index is 849. The summed E-state index contributed by atoms with van der Waals surface area (Å²) in [6.45, 7) is 5.44. The third-order valence-corrected chi connectivity index (χ3v) is 4.81. The van der Waals surface area contributed by atoms with Gasteiger partial charge in [0.25, 0.3) is 11.8 Å². The van der Waals surface area contributed by atoms with Gasteiger partial charge < -0.3 is 14.2 Å². The van der Waals surface area contributed by atoms with Crippen molar-refractivity contribution in [2.75, 3.05) is 19.8 Å². The van der Waals surface area contributed by atoms with Crippen molar-refractivity contribution in [3.8, 4) is 17.5 Å². The van der Waals surface area contributed by atoms with Crippen LogP contribution in [0.3, 0.4) is 0 Å². The number of halogens is 2. The summed E-state index contributed by atoms with van der Waals surface area (Å²) in [7, 11) is 0. The van der Waals surface area contributed by atoms with Crippen LogP contribution >= 0.6 is 0 Å². The van der Waals surface area contributed by atoms with E-state index in [1.54, 1.807) is 13.0 Å². The minimum atomic E-state index is -0.480. The molecule has 2 aromatic rings. The number of aryl methyl sites for hydroxylation is 1. The third kappa shape index (κ3) is 3.80. The van der Waals surface area contributed by atoms with Crippen LogP contribution in [0.4, 0.5) is 8.78 Å². The molecule has 2 aliphatic rings. The molecule has 4 heterocycles. The van der Waals surface area contributed by atoms with Gasteiger partial charge in [-0.1, -0.05) is 0 Å². The summed E-state index contributed by atoms with van der Waals surface area (Å²) in [5.41, 5.74) is 0.989. The number of rotatable bonds is 4. The van der Waals surface area contributed by atoms with Crippen LogP contribution in [0.15, 0.2) is 18.2 Å². The first kappa shape index (κ1) is 17.9. The van der Waals surface area contributed by atoms with Crippen LogP contribution in [0.1, 0.15) is 24.7 Å². The molecule has 144 valence electrons. The molecular formula is C19H21F2N3O3. The molecule has 1 fully saturated rings. The molecule has 4 rings (SSSR count). The second-order valence-electron chi connectivity index (χ2n) is 6.91. The number of fused-ring (bicyclic) bond motifs is 1. The van der Waals surface area contributed by atoms with Crippen LogP contribution in [-0.4, -0.2) is 46.8 Å². The fourth-order valence-corrected chi connectivity index (χ4v) is 3.40. The summed E-state index contributed by atoms with van der Waals surface area (Å²) in [6.07, 6.45) is 0.477. The smallest absolute Gasteiger partial charge is 0.257 e. The predicted octanol–water partition coefficient (Wildman–Crippen LogP) is 2.88. The fraction of sp³-hybridized carbons (Fsp3) is 0.474. The zero-order valence-electron chi connectivity index (χ0n) is 15.2. The lowest BCUT2D eigenvalue weighted by Crippen LogP contribution is -2.29. The van der Waals surface area contributed by atoms with E-state index >= 15 is 0 Å². The Labute approximate surface area is 156 Å². The Morgan fingerprint density at radius 2 is 2.00 bits per heavy atom. The average Bonchev–Trinajstić information content (AvgIpc) is 2.98. The average molecular weight is 377 g/mol. The first-order valence-corrected chi connectivity index (χ1v) is 8.98. The van der Waals surface area contributed by atoms with Crippen LogP contribution in [0, 0.1) is 18.6 Å². The molecule has 2 atom stereocenters. The van der Waals surface area contributed by atoms with E-state index in [1.807, 2.05) is 6.92 Å². The highest BCUT2D eigenvalue weighted by Gasteiger charge is 2.32. The Morgan fingerprint density at radius 1 is 1.19 bits per heavy atom. The molecule has 0 aliphatic carbocycles. The standard InChI is InChI=1S/C19H21F2N3O3/c1-11-3-4-14(20)18(22-11)27-13-7-12(2)24(9-13)10-16-15(21)8-17-19(23-16)26-6-5-25-17/h3-4,8,12-13H,5-7,9-10H2,1-2H3/t12-,13+/m0/s1. The highest BCUT2D eigenvalue weighted by Crippen LogP contribution is 2.31. The van der Waals surface area contributed by atoms with Crippen molar-refractivity contribution in [1.82, 2.24) is 14.9 Å². The third-order valence-electron chi connectivity index (χ3n) is 4.81. The Balaban J connectivity index is 1.45. The second kappa shape index (κ2) is 7.26. The van der Waals surface area contributed by atoms with Gasteiger partial charge in [-0.25, -0.2) is 18.7 Å². The summed E-state index contributed by atoms with van der Waals surface area (Å²) in [6, 6.07) is 4.40. The molecule has 0 N–H and O–H groups in total. The van der Waals surface area contributed by atoms with Crippen molar-refractivity contribution in [2.24, 2.45) is 0 Å². The van der Waals surface area contributed by atoms with Gasteiger partial charge in [-0.15, -0.1) is 0 Å². The lowest BCUT2D eigenvalue weighted by molar-refractivity contribution is 0.159. The monoisotopic (exact) mass is 377 g/mol. The van der Waals surface area contributed by atoms with Crippen LogP contribution in [0.2, 0.25) is 0 Å². The highest BCUT2D eigenvalue weighted by atomic mass is 19.1. The minimum Gasteiger partial charge on any atom is -0.484 e. The number of pyridine rings is 2. The summed E-state index contributed by atoms with van der Waals surface area (Å²) < 4.78 is 44.8. The summed E-state index contributed by atoms with van der Waals surface area (Å²) in [5.74, 6) is -0.242. The van der Waals surface area contributed by atoms with Gasteiger partial charge in [-0.2, -0.15) is 0 Å². The topological polar surface area (TPSA) is 56.7 Å². The van der Waals surface area contributed by atoms with Gasteiger partial charge in [0.2, 0.25) is 0 Å². The first-order chi connectivity index (χ1) is 13.0. The van der Waals surface area contributed by atoms with E-state index in [2.05, 4.69) is 14.9 Å². The van der Waals surface area contributed by atoms with E-state index in [9.17, 15) is 8.78 Å². The van der Waals surface area contributed by atoms with Crippen LogP contribution in [-0.2, 0) is 6.54 Å². The van der Waals surface area contributed by atoms with Crippen molar-refractivity contribution in [3.63, 3.8) is 0 Å². The Hall–Kier alpha value is -2.48. The predicted molar refractivity (Wildman–Crippen MR) is 93.0 cm³/mol. The molecule has 27 heavy (non-hydrogen) atoms. The first-order valence-electron chi connectivity index (χ1n) is 8.98. The molecule has 0 radical (unpaired) electrons.